The molecule has 1 fully saturated rings. The van der Waals surface area contributed by atoms with Crippen molar-refractivity contribution in [3.05, 3.63) is 12.2 Å². The SMILES string of the molecule is C=C(C)C(C1NCCCC1C)C(C)(C)C. The molecule has 1 saturated heterocycles. The van der Waals surface area contributed by atoms with Gasteiger partial charge in [-0.15, -0.1) is 0 Å². The Morgan fingerprint density at radius 1 is 1.40 bits per heavy atom. The largest absolute Gasteiger partial charge is 0.313 e. The van der Waals surface area contributed by atoms with E-state index in [-0.39, 0.29) is 0 Å². The van der Waals surface area contributed by atoms with Gasteiger partial charge in [0.15, 0.2) is 0 Å². The van der Waals surface area contributed by atoms with Crippen LogP contribution in [0.3, 0.4) is 0 Å². The zero-order valence-corrected chi connectivity index (χ0v) is 11.1. The number of hydrogen-bond acceptors (Lipinski definition) is 1. The number of piperidine rings is 1. The Kier molecular flexibility index (Phi) is 3.99. The molecule has 0 aliphatic carbocycles. The summed E-state index contributed by atoms with van der Waals surface area (Å²) in [6.45, 7) is 16.9. The first-order valence-corrected chi connectivity index (χ1v) is 6.23. The molecule has 0 aromatic heterocycles. The second-order valence-corrected chi connectivity index (χ2v) is 6.29. The van der Waals surface area contributed by atoms with Gasteiger partial charge in [-0.3, -0.25) is 0 Å². The molecule has 3 unspecified atom stereocenters. The standard InChI is InChI=1S/C14H27N/c1-10(2)12(14(4,5)6)13-11(3)8-7-9-15-13/h11-13,15H,1,7-9H2,2-6H3. The van der Waals surface area contributed by atoms with E-state index >= 15 is 0 Å². The second-order valence-electron chi connectivity index (χ2n) is 6.29. The highest BCUT2D eigenvalue weighted by atomic mass is 14.9. The van der Waals surface area contributed by atoms with Crippen molar-refractivity contribution in [2.24, 2.45) is 17.3 Å². The summed E-state index contributed by atoms with van der Waals surface area (Å²) in [6, 6.07) is 0.622. The maximum absolute atomic E-state index is 4.19. The predicted molar refractivity (Wildman–Crippen MR) is 67.9 cm³/mol. The van der Waals surface area contributed by atoms with Gasteiger partial charge in [-0.1, -0.05) is 39.8 Å². The van der Waals surface area contributed by atoms with Crippen LogP contribution in [0, 0.1) is 17.3 Å². The molecule has 1 rings (SSSR count). The second kappa shape index (κ2) is 4.69. The fourth-order valence-electron chi connectivity index (χ4n) is 3.10. The van der Waals surface area contributed by atoms with Gasteiger partial charge in [0.25, 0.3) is 0 Å². The number of rotatable bonds is 2. The van der Waals surface area contributed by atoms with Crippen LogP contribution in [0.15, 0.2) is 12.2 Å². The van der Waals surface area contributed by atoms with Gasteiger partial charge in [-0.2, -0.15) is 0 Å². The third kappa shape index (κ3) is 3.07. The first-order chi connectivity index (χ1) is 6.84. The van der Waals surface area contributed by atoms with Crippen LogP contribution >= 0.6 is 0 Å². The fourth-order valence-corrected chi connectivity index (χ4v) is 3.10. The molecule has 88 valence electrons. The van der Waals surface area contributed by atoms with E-state index in [1.807, 2.05) is 0 Å². The molecule has 1 aliphatic rings. The van der Waals surface area contributed by atoms with Crippen molar-refractivity contribution in [3.8, 4) is 0 Å². The molecule has 0 aromatic rings. The molecule has 0 aromatic carbocycles. The Morgan fingerprint density at radius 2 is 2.00 bits per heavy atom. The predicted octanol–water partition coefficient (Wildman–Crippen LogP) is 3.61. The zero-order valence-electron chi connectivity index (χ0n) is 11.1. The molecule has 0 spiro atoms. The van der Waals surface area contributed by atoms with Crippen molar-refractivity contribution >= 4 is 0 Å². The van der Waals surface area contributed by atoms with E-state index in [0.717, 1.165) is 5.92 Å². The van der Waals surface area contributed by atoms with Gasteiger partial charge in [0.05, 0.1) is 0 Å². The molecule has 0 bridgehead atoms. The van der Waals surface area contributed by atoms with E-state index in [1.165, 1.54) is 25.0 Å². The van der Waals surface area contributed by atoms with Gasteiger partial charge < -0.3 is 5.32 Å². The van der Waals surface area contributed by atoms with Crippen molar-refractivity contribution in [1.82, 2.24) is 5.32 Å². The molecule has 1 N–H and O–H groups in total. The summed E-state index contributed by atoms with van der Waals surface area (Å²) in [5.41, 5.74) is 1.64. The molecule has 1 nitrogen and oxygen atoms in total. The molecule has 1 heterocycles. The average molecular weight is 209 g/mol. The third-order valence-corrected chi connectivity index (χ3v) is 3.65. The zero-order chi connectivity index (χ0) is 11.6. The molecule has 0 amide bonds. The highest BCUT2D eigenvalue weighted by molar-refractivity contribution is 5.08. The van der Waals surface area contributed by atoms with Crippen LogP contribution in [0.5, 0.6) is 0 Å². The van der Waals surface area contributed by atoms with Gasteiger partial charge in [-0.05, 0) is 43.6 Å². The lowest BCUT2D eigenvalue weighted by atomic mass is 9.68. The lowest BCUT2D eigenvalue weighted by molar-refractivity contribution is 0.150. The van der Waals surface area contributed by atoms with E-state index in [2.05, 4.69) is 46.5 Å². The van der Waals surface area contributed by atoms with Gasteiger partial charge in [0.2, 0.25) is 0 Å². The number of nitrogens with one attached hydrogen (secondary N) is 1. The normalized spacial score (nSPS) is 29.9. The van der Waals surface area contributed by atoms with Gasteiger partial charge in [0, 0.05) is 6.04 Å². The Hall–Kier alpha value is -0.300. The molecular weight excluding hydrogens is 182 g/mol. The van der Waals surface area contributed by atoms with Crippen LogP contribution in [-0.2, 0) is 0 Å². The monoisotopic (exact) mass is 209 g/mol. The number of hydrogen-bond donors (Lipinski definition) is 1. The minimum Gasteiger partial charge on any atom is -0.313 e. The van der Waals surface area contributed by atoms with E-state index in [4.69, 9.17) is 0 Å². The van der Waals surface area contributed by atoms with Gasteiger partial charge >= 0.3 is 0 Å². The van der Waals surface area contributed by atoms with Crippen LogP contribution in [-0.4, -0.2) is 12.6 Å². The quantitative estimate of drug-likeness (QED) is 0.685. The van der Waals surface area contributed by atoms with Crippen molar-refractivity contribution in [1.29, 1.82) is 0 Å². The average Bonchev–Trinajstić information content (AvgIpc) is 2.05. The summed E-state index contributed by atoms with van der Waals surface area (Å²) in [5, 5.41) is 3.70. The highest BCUT2D eigenvalue weighted by Gasteiger charge is 2.36. The molecule has 3 atom stereocenters. The smallest absolute Gasteiger partial charge is 0.0163 e. The molecule has 1 aliphatic heterocycles. The van der Waals surface area contributed by atoms with Crippen LogP contribution in [0.1, 0.15) is 47.5 Å². The van der Waals surface area contributed by atoms with E-state index in [9.17, 15) is 0 Å². The van der Waals surface area contributed by atoms with Crippen LogP contribution < -0.4 is 5.32 Å². The van der Waals surface area contributed by atoms with Gasteiger partial charge in [0.1, 0.15) is 0 Å². The minimum atomic E-state index is 0.315. The van der Waals surface area contributed by atoms with Crippen molar-refractivity contribution in [2.75, 3.05) is 6.54 Å². The summed E-state index contributed by atoms with van der Waals surface area (Å²) < 4.78 is 0. The van der Waals surface area contributed by atoms with Crippen molar-refractivity contribution in [3.63, 3.8) is 0 Å². The van der Waals surface area contributed by atoms with Crippen LogP contribution in [0.4, 0.5) is 0 Å². The highest BCUT2D eigenvalue weighted by Crippen LogP contribution is 2.38. The van der Waals surface area contributed by atoms with Gasteiger partial charge in [-0.25, -0.2) is 0 Å². The lowest BCUT2D eigenvalue weighted by Crippen LogP contribution is -2.49. The minimum absolute atomic E-state index is 0.315. The summed E-state index contributed by atoms with van der Waals surface area (Å²) >= 11 is 0. The summed E-state index contributed by atoms with van der Waals surface area (Å²) in [4.78, 5) is 0. The molecule has 15 heavy (non-hydrogen) atoms. The van der Waals surface area contributed by atoms with Crippen molar-refractivity contribution in [2.45, 2.75) is 53.5 Å². The topological polar surface area (TPSA) is 12.0 Å². The van der Waals surface area contributed by atoms with E-state index < -0.39 is 0 Å². The first-order valence-electron chi connectivity index (χ1n) is 6.23. The molecule has 1 heteroatoms. The summed E-state index contributed by atoms with van der Waals surface area (Å²) in [5.74, 6) is 1.37. The lowest BCUT2D eigenvalue weighted by Gasteiger charge is -2.43. The molecular formula is C14H27N. The van der Waals surface area contributed by atoms with E-state index in [1.54, 1.807) is 0 Å². The van der Waals surface area contributed by atoms with E-state index in [0.29, 0.717) is 17.4 Å². The summed E-state index contributed by atoms with van der Waals surface area (Å²) in [7, 11) is 0. The maximum atomic E-state index is 4.19. The maximum Gasteiger partial charge on any atom is 0.0163 e. The summed E-state index contributed by atoms with van der Waals surface area (Å²) in [6.07, 6.45) is 2.68. The fraction of sp³-hybridized carbons (Fsp3) is 0.857. The Morgan fingerprint density at radius 3 is 2.40 bits per heavy atom. The molecule has 0 saturated carbocycles. The Balaban J connectivity index is 2.83. The third-order valence-electron chi connectivity index (χ3n) is 3.65. The molecule has 0 radical (unpaired) electrons. The Bertz CT molecular complexity index is 224. The van der Waals surface area contributed by atoms with Crippen LogP contribution in [0.25, 0.3) is 0 Å². The van der Waals surface area contributed by atoms with Crippen molar-refractivity contribution < 1.29 is 0 Å². The Labute approximate surface area is 95.3 Å². The first kappa shape index (κ1) is 12.8. The van der Waals surface area contributed by atoms with Crippen LogP contribution in [0.2, 0.25) is 0 Å².